The van der Waals surface area contributed by atoms with Crippen LogP contribution in [0.5, 0.6) is 5.75 Å². The maximum absolute atomic E-state index is 13.3. The molecule has 1 aromatic carbocycles. The number of halogens is 3. The van der Waals surface area contributed by atoms with Crippen molar-refractivity contribution >= 4 is 11.9 Å². The molecule has 11 heteroatoms. The van der Waals surface area contributed by atoms with Crippen LogP contribution in [0.3, 0.4) is 0 Å². The van der Waals surface area contributed by atoms with E-state index in [1.54, 1.807) is 14.2 Å². The highest BCUT2D eigenvalue weighted by molar-refractivity contribution is 5.84. The third-order valence-corrected chi connectivity index (χ3v) is 6.56. The van der Waals surface area contributed by atoms with Crippen LogP contribution in [0.1, 0.15) is 24.8 Å². The summed E-state index contributed by atoms with van der Waals surface area (Å²) in [5, 5.41) is 7.12. The second kappa shape index (κ2) is 10.9. The predicted molar refractivity (Wildman–Crippen MR) is 115 cm³/mol. The maximum atomic E-state index is 13.3. The number of amides is 1. The monoisotopic (exact) mass is 488 g/mol. The summed E-state index contributed by atoms with van der Waals surface area (Å²) >= 11 is 0. The highest BCUT2D eigenvalue weighted by Gasteiger charge is 2.58. The normalized spacial score (nSPS) is 26.9. The van der Waals surface area contributed by atoms with Gasteiger partial charge in [0.25, 0.3) is 0 Å². The zero-order valence-corrected chi connectivity index (χ0v) is 19.3. The van der Waals surface area contributed by atoms with Gasteiger partial charge in [0.15, 0.2) is 0 Å². The second-order valence-electron chi connectivity index (χ2n) is 8.84. The number of alkyl halides is 3. The fourth-order valence-electron chi connectivity index (χ4n) is 5.04. The molecular weight excluding hydrogens is 457 g/mol. The van der Waals surface area contributed by atoms with Crippen molar-refractivity contribution in [2.75, 3.05) is 47.0 Å². The number of carboxylic acid groups (broad SMARTS) is 1. The Morgan fingerprint density at radius 3 is 2.68 bits per heavy atom. The number of carboxylic acids is 1. The van der Waals surface area contributed by atoms with Crippen LogP contribution >= 0.6 is 0 Å². The Labute approximate surface area is 196 Å². The van der Waals surface area contributed by atoms with E-state index in [0.29, 0.717) is 13.2 Å². The van der Waals surface area contributed by atoms with Crippen molar-refractivity contribution in [1.82, 2.24) is 9.80 Å². The number of ether oxygens (including phenoxy) is 3. The number of hydrogen-bond acceptors (Lipinski definition) is 6. The van der Waals surface area contributed by atoms with Crippen molar-refractivity contribution in [2.45, 2.75) is 44.2 Å². The summed E-state index contributed by atoms with van der Waals surface area (Å²) in [6, 6.07) is 8.22. The molecule has 1 amide bonds. The van der Waals surface area contributed by atoms with E-state index >= 15 is 0 Å². The zero-order chi connectivity index (χ0) is 24.9. The Morgan fingerprint density at radius 1 is 1.29 bits per heavy atom. The summed E-state index contributed by atoms with van der Waals surface area (Å²) in [7, 11) is 3.38. The number of rotatable bonds is 6. The Kier molecular flexibility index (Phi) is 8.43. The number of aliphatic carboxylic acids is 1. The minimum absolute atomic E-state index is 0.000275. The lowest BCUT2D eigenvalue weighted by Crippen LogP contribution is -2.55. The van der Waals surface area contributed by atoms with Crippen LogP contribution in [0.15, 0.2) is 24.3 Å². The van der Waals surface area contributed by atoms with E-state index < -0.39 is 12.1 Å². The molecular formula is C23H31F3N2O6. The fraction of sp³-hybridized carbons (Fsp3) is 0.652. The van der Waals surface area contributed by atoms with E-state index in [2.05, 4.69) is 17.0 Å². The van der Waals surface area contributed by atoms with E-state index in [-0.39, 0.29) is 23.5 Å². The lowest BCUT2D eigenvalue weighted by atomic mass is 9.73. The Morgan fingerprint density at radius 2 is 2.03 bits per heavy atom. The van der Waals surface area contributed by atoms with Crippen molar-refractivity contribution in [2.24, 2.45) is 5.41 Å². The number of carbonyl (C=O) groups excluding carboxylic acids is 1. The lowest BCUT2D eigenvalue weighted by molar-refractivity contribution is -0.192. The predicted octanol–water partition coefficient (Wildman–Crippen LogP) is 2.56. The van der Waals surface area contributed by atoms with E-state index in [4.69, 9.17) is 24.1 Å². The number of piperidine rings is 1. The van der Waals surface area contributed by atoms with Crippen LogP contribution < -0.4 is 4.74 Å². The first-order chi connectivity index (χ1) is 16.1. The van der Waals surface area contributed by atoms with E-state index in [1.165, 1.54) is 5.56 Å². The molecule has 3 saturated heterocycles. The molecule has 3 aliphatic heterocycles. The second-order valence-corrected chi connectivity index (χ2v) is 8.84. The summed E-state index contributed by atoms with van der Waals surface area (Å²) in [6.45, 7) is 4.69. The molecule has 0 aromatic heterocycles. The number of methoxy groups -OCH3 is 2. The molecule has 2 bridgehead atoms. The van der Waals surface area contributed by atoms with E-state index in [0.717, 1.165) is 51.2 Å². The highest BCUT2D eigenvalue weighted by atomic mass is 19.4. The van der Waals surface area contributed by atoms with Gasteiger partial charge in [0, 0.05) is 39.8 Å². The largest absolute Gasteiger partial charge is 0.497 e. The molecule has 8 nitrogen and oxygen atoms in total. The molecule has 1 N–H and O–H groups in total. The quantitative estimate of drug-likeness (QED) is 0.659. The number of benzene rings is 1. The molecule has 190 valence electrons. The van der Waals surface area contributed by atoms with E-state index in [9.17, 15) is 18.0 Å². The number of nitrogens with zero attached hydrogens (tertiary/aromatic N) is 2. The van der Waals surface area contributed by atoms with Crippen molar-refractivity contribution in [1.29, 1.82) is 0 Å². The first-order valence-corrected chi connectivity index (χ1v) is 11.2. The van der Waals surface area contributed by atoms with Crippen molar-refractivity contribution < 1.29 is 42.1 Å². The Hall–Kier alpha value is -2.37. The van der Waals surface area contributed by atoms with Crippen molar-refractivity contribution in [3.05, 3.63) is 29.8 Å². The minimum atomic E-state index is -5.08. The van der Waals surface area contributed by atoms with Gasteiger partial charge in [0.2, 0.25) is 5.91 Å². The van der Waals surface area contributed by atoms with Gasteiger partial charge in [0.05, 0.1) is 31.3 Å². The van der Waals surface area contributed by atoms with Gasteiger partial charge < -0.3 is 24.2 Å². The summed E-state index contributed by atoms with van der Waals surface area (Å²) in [4.78, 5) is 26.6. The fourth-order valence-corrected chi connectivity index (χ4v) is 5.04. The maximum Gasteiger partial charge on any atom is 0.490 e. The van der Waals surface area contributed by atoms with Crippen LogP contribution in [0, 0.1) is 5.41 Å². The summed E-state index contributed by atoms with van der Waals surface area (Å²) in [6.07, 6.45) is -2.07. The summed E-state index contributed by atoms with van der Waals surface area (Å²) in [5.74, 6) is -1.59. The van der Waals surface area contributed by atoms with Gasteiger partial charge in [0.1, 0.15) is 5.75 Å². The van der Waals surface area contributed by atoms with Crippen molar-refractivity contribution in [3.63, 3.8) is 0 Å². The molecule has 3 fully saturated rings. The molecule has 0 aliphatic carbocycles. The van der Waals surface area contributed by atoms with Gasteiger partial charge >= 0.3 is 12.1 Å². The number of hydrogen-bond donors (Lipinski definition) is 1. The number of carbonyl (C=O) groups is 2. The van der Waals surface area contributed by atoms with Crippen LogP contribution in [0.25, 0.3) is 0 Å². The highest BCUT2D eigenvalue weighted by Crippen LogP contribution is 2.48. The average Bonchev–Trinajstić information content (AvgIpc) is 3.04. The van der Waals surface area contributed by atoms with Gasteiger partial charge in [-0.25, -0.2) is 4.79 Å². The van der Waals surface area contributed by atoms with Gasteiger partial charge in [-0.05, 0) is 37.0 Å². The molecule has 1 spiro atoms. The Bertz CT molecular complexity index is 867. The number of fused-ring (bicyclic) bond motifs is 3. The first-order valence-electron chi connectivity index (χ1n) is 11.2. The van der Waals surface area contributed by atoms with E-state index in [1.807, 2.05) is 17.0 Å². The summed E-state index contributed by atoms with van der Waals surface area (Å²) < 4.78 is 48.6. The molecule has 0 saturated carbocycles. The molecule has 3 atom stereocenters. The van der Waals surface area contributed by atoms with Crippen LogP contribution in [0.2, 0.25) is 0 Å². The Balaban J connectivity index is 0.000000406. The number of likely N-dealkylation sites (tertiary alicyclic amines) is 2. The standard InChI is InChI=1S/C21H30N2O4.C2HF3O2/c1-25-10-9-23-8-4-7-21(20(23)24)12-18-14-22(15-19(21)27-18)13-16-5-3-6-17(11-16)26-2;3-2(4,5)1(6)7/h3,5-6,11,18-19H,4,7-10,12-15H2,1-2H3;(H,6,7). The molecule has 0 radical (unpaired) electrons. The zero-order valence-electron chi connectivity index (χ0n) is 19.3. The van der Waals surface area contributed by atoms with Gasteiger partial charge in [-0.1, -0.05) is 12.1 Å². The van der Waals surface area contributed by atoms with Gasteiger partial charge in [-0.2, -0.15) is 13.2 Å². The molecule has 4 rings (SSSR count). The molecule has 1 aromatic rings. The van der Waals surface area contributed by atoms with Crippen LogP contribution in [0.4, 0.5) is 13.2 Å². The van der Waals surface area contributed by atoms with Crippen molar-refractivity contribution in [3.8, 4) is 5.75 Å². The van der Waals surface area contributed by atoms with Gasteiger partial charge in [-0.3, -0.25) is 9.69 Å². The topological polar surface area (TPSA) is 88.5 Å². The lowest BCUT2D eigenvalue weighted by Gasteiger charge is -2.42. The minimum Gasteiger partial charge on any atom is -0.497 e. The number of morpholine rings is 1. The average molecular weight is 489 g/mol. The molecule has 3 unspecified atom stereocenters. The molecule has 34 heavy (non-hydrogen) atoms. The third kappa shape index (κ3) is 6.00. The molecule has 3 heterocycles. The first kappa shape index (κ1) is 26.2. The molecule has 3 aliphatic rings. The van der Waals surface area contributed by atoms with Crippen LogP contribution in [-0.2, 0) is 25.6 Å². The van der Waals surface area contributed by atoms with Gasteiger partial charge in [-0.15, -0.1) is 0 Å². The summed E-state index contributed by atoms with van der Waals surface area (Å²) in [5.41, 5.74) is 0.904. The smallest absolute Gasteiger partial charge is 0.490 e. The SMILES string of the molecule is COCCN1CCCC2(CC3CN(Cc4cccc(OC)c4)CC2O3)C1=O.O=C(O)C(F)(F)F. The third-order valence-electron chi connectivity index (χ3n) is 6.56. The van der Waals surface area contributed by atoms with Crippen LogP contribution in [-0.4, -0.2) is 92.2 Å².